The molecule has 2 amide bonds. The summed E-state index contributed by atoms with van der Waals surface area (Å²) in [7, 11) is 0. The van der Waals surface area contributed by atoms with Crippen molar-refractivity contribution in [1.82, 2.24) is 15.1 Å². The van der Waals surface area contributed by atoms with E-state index < -0.39 is 18.4 Å². The minimum absolute atomic E-state index is 0.0183. The molecule has 1 unspecified atom stereocenters. The van der Waals surface area contributed by atoms with Gasteiger partial charge in [0.15, 0.2) is 5.69 Å². The lowest BCUT2D eigenvalue weighted by molar-refractivity contribution is -0.118. The molecule has 1 aromatic heterocycles. The highest BCUT2D eigenvalue weighted by Gasteiger charge is 2.29. The van der Waals surface area contributed by atoms with E-state index in [2.05, 4.69) is 15.4 Å². The van der Waals surface area contributed by atoms with Crippen LogP contribution in [0.4, 0.5) is 8.78 Å². The molecule has 1 saturated carbocycles. The lowest BCUT2D eigenvalue weighted by Crippen LogP contribution is -2.27. The van der Waals surface area contributed by atoms with Gasteiger partial charge in [0.25, 0.3) is 12.3 Å². The van der Waals surface area contributed by atoms with Crippen LogP contribution < -0.4 is 5.32 Å². The summed E-state index contributed by atoms with van der Waals surface area (Å²) in [4.78, 5) is 27.9. The van der Waals surface area contributed by atoms with Crippen molar-refractivity contribution < 1.29 is 18.4 Å². The second-order valence-corrected chi connectivity index (χ2v) is 6.64. The van der Waals surface area contributed by atoms with Crippen molar-refractivity contribution in [1.29, 1.82) is 0 Å². The van der Waals surface area contributed by atoms with Gasteiger partial charge in [-0.2, -0.15) is 5.10 Å². The summed E-state index contributed by atoms with van der Waals surface area (Å²) in [6.45, 7) is 3.45. The fourth-order valence-corrected chi connectivity index (χ4v) is 2.58. The highest BCUT2D eigenvalue weighted by atomic mass is 19.3. The number of halogens is 2. The summed E-state index contributed by atoms with van der Waals surface area (Å²) in [5.74, 6) is -0.595. The van der Waals surface area contributed by atoms with Crippen LogP contribution in [0.5, 0.6) is 0 Å². The van der Waals surface area contributed by atoms with E-state index in [1.807, 2.05) is 0 Å². The minimum Gasteiger partial charge on any atom is -0.344 e. The van der Waals surface area contributed by atoms with Crippen LogP contribution in [0.3, 0.4) is 0 Å². The number of amides is 2. The maximum absolute atomic E-state index is 12.8. The molecule has 2 aromatic rings. The molecule has 0 bridgehead atoms. The van der Waals surface area contributed by atoms with E-state index in [4.69, 9.17) is 0 Å². The average Bonchev–Trinajstić information content (AvgIpc) is 3.43. The van der Waals surface area contributed by atoms with Crippen molar-refractivity contribution in [3.05, 3.63) is 52.8 Å². The van der Waals surface area contributed by atoms with Gasteiger partial charge in [0.2, 0.25) is 5.91 Å². The van der Waals surface area contributed by atoms with Gasteiger partial charge in [-0.05, 0) is 44.4 Å². The predicted octanol–water partition coefficient (Wildman–Crippen LogP) is 3.43. The van der Waals surface area contributed by atoms with Crippen LogP contribution in [0.1, 0.15) is 59.5 Å². The maximum atomic E-state index is 12.8. The Morgan fingerprint density at radius 3 is 2.67 bits per heavy atom. The van der Waals surface area contributed by atoms with Crippen LogP contribution in [0.2, 0.25) is 0 Å². The molecule has 1 aliphatic rings. The van der Waals surface area contributed by atoms with Gasteiger partial charge in [0.1, 0.15) is 6.34 Å². The first kappa shape index (κ1) is 18.9. The quantitative estimate of drug-likeness (QED) is 0.622. The first-order valence-electron chi connectivity index (χ1n) is 8.68. The Balaban J connectivity index is 1.68. The molecule has 1 fully saturated rings. The molecule has 6 nitrogen and oxygen atoms in total. The first-order chi connectivity index (χ1) is 12.8. The monoisotopic (exact) mass is 374 g/mol. The predicted molar refractivity (Wildman–Crippen MR) is 95.9 cm³/mol. The zero-order valence-electron chi connectivity index (χ0n) is 15.0. The van der Waals surface area contributed by atoms with Gasteiger partial charge in [-0.1, -0.05) is 18.2 Å². The van der Waals surface area contributed by atoms with Crippen LogP contribution >= 0.6 is 0 Å². The molecule has 1 aliphatic carbocycles. The first-order valence-corrected chi connectivity index (χ1v) is 8.68. The Labute approximate surface area is 155 Å². The van der Waals surface area contributed by atoms with Crippen LogP contribution in [0.15, 0.2) is 35.3 Å². The normalized spacial score (nSPS) is 15.3. The van der Waals surface area contributed by atoms with Crippen molar-refractivity contribution in [2.75, 3.05) is 0 Å². The van der Waals surface area contributed by atoms with Gasteiger partial charge < -0.3 is 5.32 Å². The number of hydrogen-bond acceptors (Lipinski definition) is 3. The summed E-state index contributed by atoms with van der Waals surface area (Å²) in [6.07, 6.45) is 0.477. The van der Waals surface area contributed by atoms with Gasteiger partial charge in [-0.15, -0.1) is 0 Å². The molecule has 3 rings (SSSR count). The number of aryl methyl sites for hydroxylation is 1. The van der Waals surface area contributed by atoms with E-state index in [1.165, 1.54) is 29.2 Å². The summed E-state index contributed by atoms with van der Waals surface area (Å²) >= 11 is 0. The number of nitrogens with one attached hydrogen (secondary N) is 1. The van der Waals surface area contributed by atoms with E-state index in [1.54, 1.807) is 26.0 Å². The van der Waals surface area contributed by atoms with Crippen LogP contribution in [0, 0.1) is 12.8 Å². The van der Waals surface area contributed by atoms with Gasteiger partial charge in [-0.25, -0.2) is 18.5 Å². The number of aliphatic imine (C=N–C) groups is 1. The smallest absolute Gasteiger partial charge is 0.272 e. The van der Waals surface area contributed by atoms with Gasteiger partial charge in [-0.3, -0.25) is 9.59 Å². The summed E-state index contributed by atoms with van der Waals surface area (Å²) in [6, 6.07) is 7.03. The van der Waals surface area contributed by atoms with Crippen molar-refractivity contribution >= 4 is 18.2 Å². The fourth-order valence-electron chi connectivity index (χ4n) is 2.58. The number of benzene rings is 1. The number of rotatable bonds is 6. The molecule has 1 N–H and O–H groups in total. The van der Waals surface area contributed by atoms with E-state index in [0.717, 1.165) is 12.8 Å². The van der Waals surface area contributed by atoms with E-state index in [-0.39, 0.29) is 23.1 Å². The van der Waals surface area contributed by atoms with Crippen molar-refractivity contribution in [3.63, 3.8) is 0 Å². The molecular formula is C19H20F2N4O2. The van der Waals surface area contributed by atoms with E-state index in [9.17, 15) is 18.4 Å². The molecule has 0 spiro atoms. The zero-order chi connectivity index (χ0) is 19.6. The van der Waals surface area contributed by atoms with Gasteiger partial charge in [0.05, 0.1) is 6.04 Å². The molecule has 0 aliphatic heterocycles. The number of carbonyl (C=O) groups excluding carboxylic acids is 2. The number of alkyl halides is 2. The molecule has 1 atom stereocenters. The van der Waals surface area contributed by atoms with Crippen molar-refractivity contribution in [2.24, 2.45) is 10.9 Å². The molecular weight excluding hydrogens is 354 g/mol. The Morgan fingerprint density at radius 2 is 2.00 bits per heavy atom. The largest absolute Gasteiger partial charge is 0.344 e. The Bertz CT molecular complexity index is 888. The highest BCUT2D eigenvalue weighted by Crippen LogP contribution is 2.29. The molecule has 0 radical (unpaired) electrons. The summed E-state index contributed by atoms with van der Waals surface area (Å²) in [5, 5.41) is 6.88. The van der Waals surface area contributed by atoms with E-state index in [0.29, 0.717) is 11.3 Å². The van der Waals surface area contributed by atoms with Gasteiger partial charge >= 0.3 is 0 Å². The van der Waals surface area contributed by atoms with Crippen LogP contribution in [-0.2, 0) is 4.79 Å². The van der Waals surface area contributed by atoms with Gasteiger partial charge in [0, 0.05) is 17.2 Å². The lowest BCUT2D eigenvalue weighted by Gasteiger charge is -2.14. The second kappa shape index (κ2) is 7.77. The lowest BCUT2D eigenvalue weighted by atomic mass is 10.1. The maximum Gasteiger partial charge on any atom is 0.272 e. The molecule has 8 heteroatoms. The Kier molecular flexibility index (Phi) is 5.43. The third-order valence-electron chi connectivity index (χ3n) is 4.39. The number of aromatic nitrogens is 2. The topological polar surface area (TPSA) is 76.3 Å². The third kappa shape index (κ3) is 4.64. The fraction of sp³-hybridized carbons (Fsp3) is 0.368. The summed E-state index contributed by atoms with van der Waals surface area (Å²) in [5.41, 5.74) is 1.30. The van der Waals surface area contributed by atoms with Crippen LogP contribution in [-0.4, -0.2) is 27.9 Å². The van der Waals surface area contributed by atoms with E-state index >= 15 is 0 Å². The second-order valence-electron chi connectivity index (χ2n) is 6.64. The number of nitrogens with zero attached hydrogens (tertiary/aromatic N) is 3. The van der Waals surface area contributed by atoms with Crippen LogP contribution in [0.25, 0.3) is 0 Å². The highest BCUT2D eigenvalue weighted by molar-refractivity contribution is 5.93. The molecule has 142 valence electrons. The number of hydrogen-bond donors (Lipinski definition) is 1. The SMILES string of the molecule is Cc1cc(C(=O)NC(C)c2cccc(C(F)F)c2)nn1C=NC(=O)C1CC1. The molecule has 27 heavy (non-hydrogen) atoms. The molecule has 0 saturated heterocycles. The molecule has 1 aromatic carbocycles. The minimum atomic E-state index is -2.57. The summed E-state index contributed by atoms with van der Waals surface area (Å²) < 4.78 is 27.0. The Morgan fingerprint density at radius 1 is 1.30 bits per heavy atom. The van der Waals surface area contributed by atoms with Crippen molar-refractivity contribution in [3.8, 4) is 0 Å². The molecule has 1 heterocycles. The Hall–Kier alpha value is -2.90. The van der Waals surface area contributed by atoms with Crippen molar-refractivity contribution in [2.45, 2.75) is 39.2 Å². The third-order valence-corrected chi connectivity index (χ3v) is 4.39. The standard InChI is InChI=1S/C19H20F2N4O2/c1-11-8-16(24-25(11)10-22-18(26)13-6-7-13)19(27)23-12(2)14-4-3-5-15(9-14)17(20)21/h3-5,8-10,12-13,17H,6-7H2,1-2H3,(H,23,27). The zero-order valence-corrected chi connectivity index (χ0v) is 15.0. The average molecular weight is 374 g/mol. The number of carbonyl (C=O) groups is 2.